The summed E-state index contributed by atoms with van der Waals surface area (Å²) < 4.78 is 0. The van der Waals surface area contributed by atoms with Crippen LogP contribution in [0.5, 0.6) is 0 Å². The van der Waals surface area contributed by atoms with Crippen LogP contribution < -0.4 is 5.32 Å². The van der Waals surface area contributed by atoms with Gasteiger partial charge in [0.2, 0.25) is 0 Å². The van der Waals surface area contributed by atoms with Crippen LogP contribution in [0, 0.1) is 5.41 Å². The summed E-state index contributed by atoms with van der Waals surface area (Å²) in [4.78, 5) is 0. The summed E-state index contributed by atoms with van der Waals surface area (Å²) in [6.07, 6.45) is 5.68. The van der Waals surface area contributed by atoms with Crippen LogP contribution in [0.25, 0.3) is 0 Å². The molecular formula is C10H19N. The number of nitrogens with one attached hydrogen (secondary N) is 1. The lowest BCUT2D eigenvalue weighted by Gasteiger charge is -2.27. The minimum atomic E-state index is 0.464. The zero-order valence-corrected chi connectivity index (χ0v) is 7.91. The first-order chi connectivity index (χ1) is 5.02. The maximum Gasteiger partial charge on any atom is 0.0186 e. The van der Waals surface area contributed by atoms with E-state index in [4.69, 9.17) is 0 Å². The molecule has 1 heterocycles. The molecule has 11 heavy (non-hydrogen) atoms. The third-order valence-corrected chi connectivity index (χ3v) is 3.29. The van der Waals surface area contributed by atoms with E-state index in [1.54, 1.807) is 0 Å². The van der Waals surface area contributed by atoms with E-state index in [1.165, 1.54) is 25.7 Å². The molecule has 1 atom stereocenters. The monoisotopic (exact) mass is 153 g/mol. The highest BCUT2D eigenvalue weighted by Crippen LogP contribution is 2.47. The maximum atomic E-state index is 3.78. The zero-order valence-electron chi connectivity index (χ0n) is 7.91. The van der Waals surface area contributed by atoms with Gasteiger partial charge in [0.25, 0.3) is 0 Å². The lowest BCUT2D eigenvalue weighted by atomic mass is 9.86. The van der Waals surface area contributed by atoms with Crippen molar-refractivity contribution in [2.75, 3.05) is 0 Å². The molecule has 1 aliphatic carbocycles. The SMILES string of the molecule is CC(C)(C)C1CCC2(CC2)N1. The average Bonchev–Trinajstić information content (AvgIpc) is 2.38. The van der Waals surface area contributed by atoms with Crippen molar-refractivity contribution < 1.29 is 0 Å². The van der Waals surface area contributed by atoms with Gasteiger partial charge >= 0.3 is 0 Å². The van der Waals surface area contributed by atoms with E-state index in [0.717, 1.165) is 6.04 Å². The average molecular weight is 153 g/mol. The Hall–Kier alpha value is -0.0400. The summed E-state index contributed by atoms with van der Waals surface area (Å²) >= 11 is 0. The molecule has 1 nitrogen and oxygen atoms in total. The molecule has 1 saturated heterocycles. The fourth-order valence-electron chi connectivity index (χ4n) is 2.13. The van der Waals surface area contributed by atoms with Gasteiger partial charge in [-0.05, 0) is 31.1 Å². The molecule has 2 fully saturated rings. The van der Waals surface area contributed by atoms with Gasteiger partial charge in [-0.3, -0.25) is 0 Å². The topological polar surface area (TPSA) is 12.0 Å². The van der Waals surface area contributed by atoms with E-state index in [1.807, 2.05) is 0 Å². The Balaban J connectivity index is 1.99. The maximum absolute atomic E-state index is 3.78. The normalized spacial score (nSPS) is 34.6. The predicted molar refractivity (Wildman–Crippen MR) is 47.6 cm³/mol. The van der Waals surface area contributed by atoms with Gasteiger partial charge in [-0.2, -0.15) is 0 Å². The Morgan fingerprint density at radius 2 is 1.82 bits per heavy atom. The van der Waals surface area contributed by atoms with Gasteiger partial charge < -0.3 is 5.32 Å². The molecule has 2 aliphatic rings. The largest absolute Gasteiger partial charge is 0.308 e. The minimum Gasteiger partial charge on any atom is -0.308 e. The molecule has 0 aromatic carbocycles. The summed E-state index contributed by atoms with van der Waals surface area (Å²) in [6.45, 7) is 7.02. The van der Waals surface area contributed by atoms with Crippen molar-refractivity contribution in [3.63, 3.8) is 0 Å². The number of rotatable bonds is 0. The highest BCUT2D eigenvalue weighted by Gasteiger charge is 2.49. The molecule has 64 valence electrons. The Kier molecular flexibility index (Phi) is 1.39. The second-order valence-corrected chi connectivity index (χ2v) is 5.38. The van der Waals surface area contributed by atoms with E-state index >= 15 is 0 Å². The standard InChI is InChI=1S/C10H19N/c1-9(2,3)8-4-5-10(11-8)6-7-10/h8,11H,4-7H2,1-3H3. The van der Waals surface area contributed by atoms with Crippen molar-refractivity contribution in [3.05, 3.63) is 0 Å². The summed E-state index contributed by atoms with van der Waals surface area (Å²) in [5.41, 5.74) is 1.09. The van der Waals surface area contributed by atoms with E-state index in [2.05, 4.69) is 26.1 Å². The highest BCUT2D eigenvalue weighted by molar-refractivity contribution is 5.09. The Morgan fingerprint density at radius 3 is 2.09 bits per heavy atom. The summed E-state index contributed by atoms with van der Waals surface area (Å²) in [7, 11) is 0. The van der Waals surface area contributed by atoms with Crippen molar-refractivity contribution >= 4 is 0 Å². The predicted octanol–water partition coefficient (Wildman–Crippen LogP) is 2.32. The fourth-order valence-corrected chi connectivity index (χ4v) is 2.13. The molecule has 1 heteroatoms. The molecule has 1 N–H and O–H groups in total. The van der Waals surface area contributed by atoms with Crippen LogP contribution in [0.2, 0.25) is 0 Å². The van der Waals surface area contributed by atoms with E-state index in [0.29, 0.717) is 11.0 Å². The van der Waals surface area contributed by atoms with Crippen LogP contribution in [0.3, 0.4) is 0 Å². The molecule has 1 saturated carbocycles. The molecule has 0 aromatic rings. The van der Waals surface area contributed by atoms with Gasteiger partial charge in [0.1, 0.15) is 0 Å². The van der Waals surface area contributed by atoms with Crippen molar-refractivity contribution in [3.8, 4) is 0 Å². The van der Waals surface area contributed by atoms with Gasteiger partial charge in [0.15, 0.2) is 0 Å². The second kappa shape index (κ2) is 2.01. The molecule has 0 amide bonds. The van der Waals surface area contributed by atoms with Crippen LogP contribution in [-0.2, 0) is 0 Å². The van der Waals surface area contributed by atoms with E-state index < -0.39 is 0 Å². The van der Waals surface area contributed by atoms with Gasteiger partial charge in [0.05, 0.1) is 0 Å². The molecule has 1 aliphatic heterocycles. The first-order valence-electron chi connectivity index (χ1n) is 4.80. The summed E-state index contributed by atoms with van der Waals surface area (Å²) in [5, 5.41) is 3.78. The van der Waals surface area contributed by atoms with Crippen molar-refractivity contribution in [2.45, 2.75) is 58.0 Å². The van der Waals surface area contributed by atoms with Crippen molar-refractivity contribution in [1.29, 1.82) is 0 Å². The first-order valence-corrected chi connectivity index (χ1v) is 4.80. The molecule has 1 unspecified atom stereocenters. The van der Waals surface area contributed by atoms with Gasteiger partial charge in [-0.25, -0.2) is 0 Å². The molecule has 2 rings (SSSR count). The lowest BCUT2D eigenvalue weighted by molar-refractivity contribution is 0.284. The van der Waals surface area contributed by atoms with E-state index in [-0.39, 0.29) is 0 Å². The lowest BCUT2D eigenvalue weighted by Crippen LogP contribution is -2.39. The Bertz CT molecular complexity index is 162. The van der Waals surface area contributed by atoms with Crippen LogP contribution in [0.15, 0.2) is 0 Å². The summed E-state index contributed by atoms with van der Waals surface area (Å²) in [5.74, 6) is 0. The van der Waals surface area contributed by atoms with Crippen LogP contribution in [0.4, 0.5) is 0 Å². The smallest absolute Gasteiger partial charge is 0.0186 e. The van der Waals surface area contributed by atoms with Crippen LogP contribution in [-0.4, -0.2) is 11.6 Å². The Morgan fingerprint density at radius 1 is 1.18 bits per heavy atom. The molecule has 0 radical (unpaired) electrons. The summed E-state index contributed by atoms with van der Waals surface area (Å²) in [6, 6.07) is 0.769. The Labute approximate surface area is 69.6 Å². The second-order valence-electron chi connectivity index (χ2n) is 5.38. The minimum absolute atomic E-state index is 0.464. The van der Waals surface area contributed by atoms with Gasteiger partial charge in [-0.1, -0.05) is 20.8 Å². The third kappa shape index (κ3) is 1.31. The zero-order chi connectivity index (χ0) is 8.11. The molecule has 1 spiro atoms. The number of hydrogen-bond acceptors (Lipinski definition) is 1. The molecule has 0 bridgehead atoms. The van der Waals surface area contributed by atoms with Crippen molar-refractivity contribution in [1.82, 2.24) is 5.32 Å². The van der Waals surface area contributed by atoms with Gasteiger partial charge in [0, 0.05) is 11.6 Å². The van der Waals surface area contributed by atoms with Gasteiger partial charge in [-0.15, -0.1) is 0 Å². The van der Waals surface area contributed by atoms with Crippen LogP contribution in [0.1, 0.15) is 46.5 Å². The number of hydrogen-bond donors (Lipinski definition) is 1. The van der Waals surface area contributed by atoms with Crippen molar-refractivity contribution in [2.24, 2.45) is 5.41 Å². The third-order valence-electron chi connectivity index (χ3n) is 3.29. The van der Waals surface area contributed by atoms with E-state index in [9.17, 15) is 0 Å². The first kappa shape index (κ1) is 7.60. The fraction of sp³-hybridized carbons (Fsp3) is 1.00. The highest BCUT2D eigenvalue weighted by atomic mass is 15.1. The van der Waals surface area contributed by atoms with Crippen LogP contribution >= 0.6 is 0 Å². The molecule has 0 aromatic heterocycles. The molecular weight excluding hydrogens is 134 g/mol. The quantitative estimate of drug-likeness (QED) is 0.563.